The first kappa shape index (κ1) is 13.1. The molecule has 1 atom stereocenters. The molecule has 13 heavy (non-hydrogen) atoms. The van der Waals surface area contributed by atoms with E-state index < -0.39 is 8.32 Å². The normalized spacial score (nSPS) is 15.9. The van der Waals surface area contributed by atoms with E-state index in [9.17, 15) is 5.11 Å². The van der Waals surface area contributed by atoms with Gasteiger partial charge in [-0.15, -0.1) is 0 Å². The van der Waals surface area contributed by atoms with Crippen molar-refractivity contribution in [2.45, 2.75) is 58.4 Å². The molecule has 0 saturated carbocycles. The SMILES string of the molecule is CC[C@@H](O)CO[Si](C)(C)C(C)(C)C. The first-order valence-electron chi connectivity index (χ1n) is 5.02. The molecule has 80 valence electrons. The Kier molecular flexibility index (Phi) is 4.62. The van der Waals surface area contributed by atoms with E-state index in [0.29, 0.717) is 6.61 Å². The Morgan fingerprint density at radius 3 is 2.08 bits per heavy atom. The van der Waals surface area contributed by atoms with Gasteiger partial charge in [-0.1, -0.05) is 27.7 Å². The third kappa shape index (κ3) is 4.25. The van der Waals surface area contributed by atoms with E-state index in [-0.39, 0.29) is 11.1 Å². The Bertz CT molecular complexity index is 149. The Hall–Kier alpha value is 0.137. The van der Waals surface area contributed by atoms with Crippen LogP contribution in [0.3, 0.4) is 0 Å². The lowest BCUT2D eigenvalue weighted by molar-refractivity contribution is 0.0969. The van der Waals surface area contributed by atoms with Crippen LogP contribution in [-0.2, 0) is 4.43 Å². The number of aliphatic hydroxyl groups is 1. The van der Waals surface area contributed by atoms with Crippen LogP contribution in [0.25, 0.3) is 0 Å². The predicted octanol–water partition coefficient (Wildman–Crippen LogP) is 2.78. The second-order valence-electron chi connectivity index (χ2n) is 5.13. The van der Waals surface area contributed by atoms with Gasteiger partial charge >= 0.3 is 0 Å². The Balaban J connectivity index is 4.04. The molecule has 0 bridgehead atoms. The number of rotatable bonds is 4. The Morgan fingerprint density at radius 1 is 1.31 bits per heavy atom. The van der Waals surface area contributed by atoms with Gasteiger partial charge < -0.3 is 9.53 Å². The predicted molar refractivity (Wildman–Crippen MR) is 59.4 cm³/mol. The van der Waals surface area contributed by atoms with Crippen LogP contribution in [0.5, 0.6) is 0 Å². The molecule has 0 fully saturated rings. The van der Waals surface area contributed by atoms with Crippen molar-refractivity contribution in [3.8, 4) is 0 Å². The minimum atomic E-state index is -1.64. The van der Waals surface area contributed by atoms with Crippen molar-refractivity contribution in [1.82, 2.24) is 0 Å². The highest BCUT2D eigenvalue weighted by molar-refractivity contribution is 6.74. The lowest BCUT2D eigenvalue weighted by atomic mass is 10.2. The number of hydrogen-bond donors (Lipinski definition) is 1. The highest BCUT2D eigenvalue weighted by Gasteiger charge is 2.37. The van der Waals surface area contributed by atoms with E-state index in [4.69, 9.17) is 4.43 Å². The summed E-state index contributed by atoms with van der Waals surface area (Å²) in [7, 11) is -1.64. The zero-order valence-corrected chi connectivity index (χ0v) is 10.8. The van der Waals surface area contributed by atoms with Crippen molar-refractivity contribution in [2.75, 3.05) is 6.61 Å². The monoisotopic (exact) mass is 204 g/mol. The average molecular weight is 204 g/mol. The van der Waals surface area contributed by atoms with Gasteiger partial charge in [-0.05, 0) is 24.6 Å². The molecule has 0 rings (SSSR count). The van der Waals surface area contributed by atoms with Crippen molar-refractivity contribution in [3.05, 3.63) is 0 Å². The van der Waals surface area contributed by atoms with Gasteiger partial charge in [-0.2, -0.15) is 0 Å². The van der Waals surface area contributed by atoms with Gasteiger partial charge in [0.1, 0.15) is 0 Å². The standard InChI is InChI=1S/C10H24O2Si/c1-7-9(11)8-12-13(5,6)10(2,3)4/h9,11H,7-8H2,1-6H3/t9-/m1/s1. The number of aliphatic hydroxyl groups excluding tert-OH is 1. The van der Waals surface area contributed by atoms with E-state index in [1.807, 2.05) is 6.92 Å². The van der Waals surface area contributed by atoms with E-state index >= 15 is 0 Å². The van der Waals surface area contributed by atoms with E-state index in [1.165, 1.54) is 0 Å². The fraction of sp³-hybridized carbons (Fsp3) is 1.00. The highest BCUT2D eigenvalue weighted by Crippen LogP contribution is 2.36. The van der Waals surface area contributed by atoms with Crippen LogP contribution in [0.2, 0.25) is 18.1 Å². The molecule has 0 spiro atoms. The summed E-state index contributed by atoms with van der Waals surface area (Å²) in [4.78, 5) is 0. The third-order valence-electron chi connectivity index (χ3n) is 2.91. The van der Waals surface area contributed by atoms with Crippen LogP contribution in [0.15, 0.2) is 0 Å². The zero-order chi connectivity index (χ0) is 10.7. The zero-order valence-electron chi connectivity index (χ0n) is 9.85. The number of hydrogen-bond acceptors (Lipinski definition) is 2. The molecule has 0 aromatic heterocycles. The minimum Gasteiger partial charge on any atom is -0.414 e. The maximum atomic E-state index is 9.38. The van der Waals surface area contributed by atoms with Crippen molar-refractivity contribution >= 4 is 8.32 Å². The molecule has 3 heteroatoms. The molecule has 0 aliphatic carbocycles. The molecule has 0 unspecified atom stereocenters. The molecule has 0 saturated heterocycles. The molecule has 1 N–H and O–H groups in total. The first-order valence-corrected chi connectivity index (χ1v) is 7.93. The van der Waals surface area contributed by atoms with Gasteiger partial charge in [0.05, 0.1) is 12.7 Å². The summed E-state index contributed by atoms with van der Waals surface area (Å²) in [6, 6.07) is 0. The molecule has 0 amide bonds. The van der Waals surface area contributed by atoms with Gasteiger partial charge in [0, 0.05) is 0 Å². The molecule has 0 aromatic rings. The molecule has 0 aliphatic heterocycles. The van der Waals surface area contributed by atoms with Crippen LogP contribution in [0.1, 0.15) is 34.1 Å². The second kappa shape index (κ2) is 4.58. The summed E-state index contributed by atoms with van der Waals surface area (Å²) in [6.07, 6.45) is 0.475. The molecular weight excluding hydrogens is 180 g/mol. The quantitative estimate of drug-likeness (QED) is 0.714. The van der Waals surface area contributed by atoms with Crippen LogP contribution >= 0.6 is 0 Å². The lowest BCUT2D eigenvalue weighted by Crippen LogP contribution is -2.42. The topological polar surface area (TPSA) is 29.5 Å². The second-order valence-corrected chi connectivity index (χ2v) is 9.94. The highest BCUT2D eigenvalue weighted by atomic mass is 28.4. The van der Waals surface area contributed by atoms with Gasteiger partial charge in [0.25, 0.3) is 0 Å². The van der Waals surface area contributed by atoms with Crippen molar-refractivity contribution in [1.29, 1.82) is 0 Å². The molecule has 0 aromatic carbocycles. The van der Waals surface area contributed by atoms with Crippen molar-refractivity contribution in [2.24, 2.45) is 0 Å². The summed E-state index contributed by atoms with van der Waals surface area (Å²) in [5.41, 5.74) is 0. The average Bonchev–Trinajstić information content (AvgIpc) is 1.98. The van der Waals surface area contributed by atoms with E-state index in [2.05, 4.69) is 33.9 Å². The first-order chi connectivity index (χ1) is 5.70. The Morgan fingerprint density at radius 2 is 1.77 bits per heavy atom. The summed E-state index contributed by atoms with van der Waals surface area (Å²) < 4.78 is 5.84. The fourth-order valence-electron chi connectivity index (χ4n) is 0.639. The van der Waals surface area contributed by atoms with Crippen molar-refractivity contribution in [3.63, 3.8) is 0 Å². The molecule has 0 radical (unpaired) electrons. The van der Waals surface area contributed by atoms with Crippen LogP contribution in [-0.4, -0.2) is 26.1 Å². The molecule has 2 nitrogen and oxygen atoms in total. The van der Waals surface area contributed by atoms with Crippen LogP contribution in [0.4, 0.5) is 0 Å². The summed E-state index contributed by atoms with van der Waals surface area (Å²) in [5.74, 6) is 0. The van der Waals surface area contributed by atoms with Crippen molar-refractivity contribution < 1.29 is 9.53 Å². The van der Waals surface area contributed by atoms with E-state index in [1.54, 1.807) is 0 Å². The Labute approximate surface area is 83.4 Å². The smallest absolute Gasteiger partial charge is 0.192 e. The largest absolute Gasteiger partial charge is 0.414 e. The molecule has 0 heterocycles. The maximum Gasteiger partial charge on any atom is 0.192 e. The van der Waals surface area contributed by atoms with E-state index in [0.717, 1.165) is 6.42 Å². The third-order valence-corrected chi connectivity index (χ3v) is 7.41. The summed E-state index contributed by atoms with van der Waals surface area (Å²) in [5, 5.41) is 9.62. The molecule has 0 aliphatic rings. The van der Waals surface area contributed by atoms with Crippen LogP contribution in [0, 0.1) is 0 Å². The maximum absolute atomic E-state index is 9.38. The van der Waals surface area contributed by atoms with Gasteiger partial charge in [-0.25, -0.2) is 0 Å². The fourth-order valence-corrected chi connectivity index (χ4v) is 1.68. The van der Waals surface area contributed by atoms with Gasteiger partial charge in [0.15, 0.2) is 8.32 Å². The molecular formula is C10H24O2Si. The van der Waals surface area contributed by atoms with Gasteiger partial charge in [-0.3, -0.25) is 0 Å². The summed E-state index contributed by atoms with van der Waals surface area (Å²) >= 11 is 0. The van der Waals surface area contributed by atoms with Gasteiger partial charge in [0.2, 0.25) is 0 Å². The summed E-state index contributed by atoms with van der Waals surface area (Å²) in [6.45, 7) is 13.5. The minimum absolute atomic E-state index is 0.237. The lowest BCUT2D eigenvalue weighted by Gasteiger charge is -2.36. The van der Waals surface area contributed by atoms with Crippen LogP contribution < -0.4 is 0 Å².